The number of para-hydroxylation sites is 2. The van der Waals surface area contributed by atoms with Crippen LogP contribution in [0.25, 0.3) is 11.0 Å². The van der Waals surface area contributed by atoms with Gasteiger partial charge in [-0.25, -0.2) is 9.78 Å². The molecule has 2 heterocycles. The molecule has 3 rings (SSSR count). The summed E-state index contributed by atoms with van der Waals surface area (Å²) in [5.41, 5.74) is 1.20. The molecule has 1 saturated heterocycles. The summed E-state index contributed by atoms with van der Waals surface area (Å²) in [6, 6.07) is 7.73. The monoisotopic (exact) mass is 357 g/mol. The van der Waals surface area contributed by atoms with E-state index in [-0.39, 0.29) is 17.9 Å². The predicted octanol–water partition coefficient (Wildman–Crippen LogP) is 4.03. The minimum atomic E-state index is -0.522. The molecule has 6 nitrogen and oxygen atoms in total. The number of rotatable bonds is 3. The first-order valence-electron chi connectivity index (χ1n) is 9.22. The lowest BCUT2D eigenvalue weighted by molar-refractivity contribution is 0.00789. The summed E-state index contributed by atoms with van der Waals surface area (Å²) in [5.74, 6) is 0.377. The van der Waals surface area contributed by atoms with E-state index in [1.54, 1.807) is 0 Å². The van der Waals surface area contributed by atoms with Gasteiger partial charge >= 0.3 is 6.09 Å². The minimum Gasteiger partial charge on any atom is -0.444 e. The highest BCUT2D eigenvalue weighted by Crippen LogP contribution is 2.24. The van der Waals surface area contributed by atoms with Crippen LogP contribution in [-0.4, -0.2) is 44.5 Å². The van der Waals surface area contributed by atoms with Gasteiger partial charge in [-0.05, 0) is 52.2 Å². The molecule has 140 valence electrons. The molecule has 6 heteroatoms. The Kier molecular flexibility index (Phi) is 5.03. The molecule has 0 spiro atoms. The van der Waals surface area contributed by atoms with E-state index in [1.165, 1.54) is 6.92 Å². The van der Waals surface area contributed by atoms with Gasteiger partial charge in [-0.2, -0.15) is 0 Å². The molecule has 1 aromatic carbocycles. The van der Waals surface area contributed by atoms with Crippen LogP contribution < -0.4 is 0 Å². The first kappa shape index (κ1) is 18.4. The van der Waals surface area contributed by atoms with Gasteiger partial charge in [0.1, 0.15) is 5.60 Å². The number of amides is 1. The van der Waals surface area contributed by atoms with Crippen LogP contribution in [0.15, 0.2) is 24.3 Å². The number of carbonyl (C=O) groups is 2. The summed E-state index contributed by atoms with van der Waals surface area (Å²) in [7, 11) is 0. The van der Waals surface area contributed by atoms with E-state index in [1.807, 2.05) is 54.5 Å². The Morgan fingerprint density at radius 1 is 1.23 bits per heavy atom. The Balaban J connectivity index is 1.91. The van der Waals surface area contributed by atoms with Crippen LogP contribution in [0.4, 0.5) is 4.79 Å². The molecule has 1 atom stereocenters. The van der Waals surface area contributed by atoms with Crippen molar-refractivity contribution in [1.29, 1.82) is 0 Å². The first-order chi connectivity index (χ1) is 12.3. The van der Waals surface area contributed by atoms with Crippen molar-refractivity contribution < 1.29 is 14.3 Å². The molecule has 0 radical (unpaired) electrons. The summed E-state index contributed by atoms with van der Waals surface area (Å²) in [5, 5.41) is 0. The Labute approximate surface area is 154 Å². The van der Waals surface area contributed by atoms with Gasteiger partial charge in [0.15, 0.2) is 11.6 Å². The topological polar surface area (TPSA) is 64.4 Å². The van der Waals surface area contributed by atoms with Crippen molar-refractivity contribution in [3.63, 3.8) is 0 Å². The van der Waals surface area contributed by atoms with Crippen LogP contribution in [0.1, 0.15) is 57.6 Å². The average Bonchev–Trinajstić information content (AvgIpc) is 2.93. The normalized spacial score (nSPS) is 18.2. The van der Waals surface area contributed by atoms with Gasteiger partial charge in [0.25, 0.3) is 0 Å². The highest BCUT2D eigenvalue weighted by atomic mass is 16.6. The number of hydrogen-bond donors (Lipinski definition) is 0. The second-order valence-corrected chi connectivity index (χ2v) is 7.91. The van der Waals surface area contributed by atoms with Crippen LogP contribution in [0.2, 0.25) is 0 Å². The van der Waals surface area contributed by atoms with Gasteiger partial charge in [0, 0.05) is 20.0 Å². The third kappa shape index (κ3) is 3.89. The van der Waals surface area contributed by atoms with E-state index in [4.69, 9.17) is 4.74 Å². The summed E-state index contributed by atoms with van der Waals surface area (Å²) in [4.78, 5) is 31.0. The fourth-order valence-corrected chi connectivity index (χ4v) is 3.49. The molecule has 0 saturated carbocycles. The molecule has 0 bridgehead atoms. The summed E-state index contributed by atoms with van der Waals surface area (Å²) in [6.45, 7) is 8.39. The first-order valence-corrected chi connectivity index (χ1v) is 9.22. The maximum Gasteiger partial charge on any atom is 0.410 e. The number of Topliss-reactive ketones (excluding diaryl/α,β-unsaturated/α-hetero) is 1. The Hall–Kier alpha value is -2.37. The lowest BCUT2D eigenvalue weighted by Gasteiger charge is -2.37. The Bertz CT molecular complexity index is 819. The maximum atomic E-state index is 12.6. The molecule has 1 aliphatic heterocycles. The van der Waals surface area contributed by atoms with E-state index in [2.05, 4.69) is 4.98 Å². The molecule has 1 aliphatic rings. The van der Waals surface area contributed by atoms with Crippen molar-refractivity contribution in [3.05, 3.63) is 30.1 Å². The third-order valence-electron chi connectivity index (χ3n) is 4.62. The molecule has 2 aromatic rings. The lowest BCUT2D eigenvalue weighted by atomic mass is 10.0. The number of ketones is 1. The number of likely N-dealkylation sites (tertiary alicyclic amines) is 1. The van der Waals surface area contributed by atoms with Gasteiger partial charge in [-0.15, -0.1) is 0 Å². The molecule has 0 N–H and O–H groups in total. The second kappa shape index (κ2) is 7.09. The van der Waals surface area contributed by atoms with E-state index >= 15 is 0 Å². The van der Waals surface area contributed by atoms with Gasteiger partial charge in [-0.3, -0.25) is 4.79 Å². The van der Waals surface area contributed by atoms with Crippen molar-refractivity contribution in [1.82, 2.24) is 14.5 Å². The van der Waals surface area contributed by atoms with Crippen LogP contribution in [0.3, 0.4) is 0 Å². The number of aromatic nitrogens is 2. The molecule has 0 unspecified atom stereocenters. The molecule has 1 fully saturated rings. The quantitative estimate of drug-likeness (QED) is 0.778. The molecular weight excluding hydrogens is 330 g/mol. The lowest BCUT2D eigenvalue weighted by Crippen LogP contribution is -2.48. The van der Waals surface area contributed by atoms with Crippen molar-refractivity contribution in [3.8, 4) is 0 Å². The number of benzene rings is 1. The van der Waals surface area contributed by atoms with Gasteiger partial charge in [0.05, 0.1) is 17.1 Å². The van der Waals surface area contributed by atoms with Crippen molar-refractivity contribution >= 4 is 22.9 Å². The molecule has 1 amide bonds. The summed E-state index contributed by atoms with van der Waals surface area (Å²) < 4.78 is 7.54. The Morgan fingerprint density at radius 2 is 1.96 bits per heavy atom. The molecule has 26 heavy (non-hydrogen) atoms. The van der Waals surface area contributed by atoms with Crippen LogP contribution in [-0.2, 0) is 11.3 Å². The third-order valence-corrected chi connectivity index (χ3v) is 4.62. The van der Waals surface area contributed by atoms with Gasteiger partial charge < -0.3 is 14.2 Å². The zero-order valence-corrected chi connectivity index (χ0v) is 16.0. The van der Waals surface area contributed by atoms with Crippen LogP contribution >= 0.6 is 0 Å². The molecule has 0 aliphatic carbocycles. The number of piperidine rings is 1. The average molecular weight is 357 g/mol. The van der Waals surface area contributed by atoms with E-state index < -0.39 is 5.60 Å². The van der Waals surface area contributed by atoms with E-state index in [0.717, 1.165) is 30.3 Å². The zero-order chi connectivity index (χ0) is 18.9. The Morgan fingerprint density at radius 3 is 2.65 bits per heavy atom. The van der Waals surface area contributed by atoms with E-state index in [9.17, 15) is 9.59 Å². The number of imidazole rings is 1. The standard InChI is InChI=1S/C20H27N3O3/c1-14(24)18-21-16-10-5-6-11-17(16)23(18)13-15-9-7-8-12-22(15)19(25)26-20(2,3)4/h5-6,10-11,15H,7-9,12-13H2,1-4H3/t15-/m1/s1. The highest BCUT2D eigenvalue weighted by Gasteiger charge is 2.31. The summed E-state index contributed by atoms with van der Waals surface area (Å²) >= 11 is 0. The maximum absolute atomic E-state index is 12.6. The summed E-state index contributed by atoms with van der Waals surface area (Å²) in [6.07, 6.45) is 2.64. The number of hydrogen-bond acceptors (Lipinski definition) is 4. The predicted molar refractivity (Wildman–Crippen MR) is 100 cm³/mol. The number of nitrogens with zero attached hydrogens (tertiary/aromatic N) is 3. The SMILES string of the molecule is CC(=O)c1nc2ccccc2n1C[C@H]1CCCCN1C(=O)OC(C)(C)C. The van der Waals surface area contributed by atoms with Crippen LogP contribution in [0, 0.1) is 0 Å². The molecular formula is C20H27N3O3. The fraction of sp³-hybridized carbons (Fsp3) is 0.550. The van der Waals surface area contributed by atoms with Crippen LogP contribution in [0.5, 0.6) is 0 Å². The van der Waals surface area contributed by atoms with Gasteiger partial charge in [-0.1, -0.05) is 12.1 Å². The van der Waals surface area contributed by atoms with Crippen molar-refractivity contribution in [2.24, 2.45) is 0 Å². The second-order valence-electron chi connectivity index (χ2n) is 7.91. The largest absolute Gasteiger partial charge is 0.444 e. The van der Waals surface area contributed by atoms with Crippen molar-refractivity contribution in [2.75, 3.05) is 6.54 Å². The molecule has 1 aromatic heterocycles. The number of carbonyl (C=O) groups excluding carboxylic acids is 2. The van der Waals surface area contributed by atoms with Crippen molar-refractivity contribution in [2.45, 2.75) is 65.1 Å². The smallest absolute Gasteiger partial charge is 0.410 e. The minimum absolute atomic E-state index is 0.00527. The van der Waals surface area contributed by atoms with Gasteiger partial charge in [0.2, 0.25) is 0 Å². The highest BCUT2D eigenvalue weighted by molar-refractivity contribution is 5.94. The van der Waals surface area contributed by atoms with E-state index in [0.29, 0.717) is 18.9 Å². The zero-order valence-electron chi connectivity index (χ0n) is 16.0. The number of ether oxygens (including phenoxy) is 1. The number of fused-ring (bicyclic) bond motifs is 1. The fourth-order valence-electron chi connectivity index (χ4n) is 3.49.